The van der Waals surface area contributed by atoms with Gasteiger partial charge in [0.25, 0.3) is 0 Å². The minimum Gasteiger partial charge on any atom is -0.359 e. The number of nitrogens with one attached hydrogen (secondary N) is 1. The van der Waals surface area contributed by atoms with Crippen LogP contribution in [0.1, 0.15) is 32.1 Å². The van der Waals surface area contributed by atoms with Crippen molar-refractivity contribution in [3.8, 4) is 0 Å². The molecule has 1 aliphatic carbocycles. The third-order valence-corrected chi connectivity index (χ3v) is 3.47. The van der Waals surface area contributed by atoms with Crippen LogP contribution in [0.25, 0.3) is 0 Å². The highest BCUT2D eigenvalue weighted by Crippen LogP contribution is 2.24. The first-order chi connectivity index (χ1) is 8.06. The lowest BCUT2D eigenvalue weighted by molar-refractivity contribution is -0.136. The highest BCUT2D eigenvalue weighted by atomic mass is 16.2. The van der Waals surface area contributed by atoms with Crippen molar-refractivity contribution in [1.82, 2.24) is 10.2 Å². The summed E-state index contributed by atoms with van der Waals surface area (Å²) in [7, 11) is 3.34. The predicted octanol–water partition coefficient (Wildman–Crippen LogP) is 0.0984. The van der Waals surface area contributed by atoms with E-state index in [9.17, 15) is 9.59 Å². The Morgan fingerprint density at radius 2 is 2.00 bits per heavy atom. The second-order valence-electron chi connectivity index (χ2n) is 4.74. The van der Waals surface area contributed by atoms with Crippen molar-refractivity contribution in [2.24, 2.45) is 11.7 Å². The van der Waals surface area contributed by atoms with Crippen LogP contribution in [0.5, 0.6) is 0 Å². The molecule has 5 heteroatoms. The van der Waals surface area contributed by atoms with Crippen LogP contribution in [0, 0.1) is 5.92 Å². The number of nitrogens with zero attached hydrogens (tertiary/aromatic N) is 1. The molecule has 0 saturated heterocycles. The first-order valence-electron chi connectivity index (χ1n) is 6.27. The van der Waals surface area contributed by atoms with Crippen LogP contribution < -0.4 is 11.1 Å². The van der Waals surface area contributed by atoms with Crippen LogP contribution in [-0.2, 0) is 9.59 Å². The van der Waals surface area contributed by atoms with Gasteiger partial charge in [-0.3, -0.25) is 9.59 Å². The number of carbonyl (C=O) groups excluding carboxylic acids is 2. The summed E-state index contributed by atoms with van der Waals surface area (Å²) in [6.07, 6.45) is 4.35. The first-order valence-corrected chi connectivity index (χ1v) is 6.27. The Morgan fingerprint density at radius 3 is 2.59 bits per heavy atom. The molecule has 0 aromatic carbocycles. The van der Waals surface area contributed by atoms with Gasteiger partial charge in [-0.1, -0.05) is 12.8 Å². The van der Waals surface area contributed by atoms with E-state index >= 15 is 0 Å². The maximum absolute atomic E-state index is 12.1. The Bertz CT molecular complexity index is 281. The highest BCUT2D eigenvalue weighted by molar-refractivity contribution is 5.81. The first kappa shape index (κ1) is 14.0. The zero-order valence-corrected chi connectivity index (χ0v) is 10.7. The Balaban J connectivity index is 2.42. The van der Waals surface area contributed by atoms with Crippen LogP contribution in [0.15, 0.2) is 0 Å². The average molecular weight is 241 g/mol. The molecule has 1 fully saturated rings. The fraction of sp³-hybridized carbons (Fsp3) is 0.833. The lowest BCUT2D eigenvalue weighted by Gasteiger charge is -2.31. The zero-order valence-electron chi connectivity index (χ0n) is 10.7. The molecule has 2 amide bonds. The minimum atomic E-state index is -0.0570. The van der Waals surface area contributed by atoms with E-state index < -0.39 is 0 Å². The van der Waals surface area contributed by atoms with Gasteiger partial charge in [-0.05, 0) is 12.8 Å². The van der Waals surface area contributed by atoms with Crippen molar-refractivity contribution >= 4 is 11.8 Å². The van der Waals surface area contributed by atoms with Gasteiger partial charge in [0, 0.05) is 33.1 Å². The summed E-state index contributed by atoms with van der Waals surface area (Å²) in [5.41, 5.74) is 5.97. The minimum absolute atomic E-state index is 0.0151. The Labute approximate surface area is 103 Å². The lowest BCUT2D eigenvalue weighted by atomic mass is 9.84. The van der Waals surface area contributed by atoms with E-state index in [-0.39, 0.29) is 23.8 Å². The largest absolute Gasteiger partial charge is 0.359 e. The van der Waals surface area contributed by atoms with Gasteiger partial charge in [-0.2, -0.15) is 0 Å². The molecule has 0 aromatic rings. The summed E-state index contributed by atoms with van der Waals surface area (Å²) in [6.45, 7) is 0.460. The fourth-order valence-corrected chi connectivity index (χ4v) is 2.25. The van der Waals surface area contributed by atoms with Gasteiger partial charge in [0.1, 0.15) is 0 Å². The van der Waals surface area contributed by atoms with Gasteiger partial charge in [-0.25, -0.2) is 0 Å². The second kappa shape index (κ2) is 6.59. The molecule has 98 valence electrons. The summed E-state index contributed by atoms with van der Waals surface area (Å²) in [5.74, 6) is -0.0165. The molecule has 0 aromatic heterocycles. The van der Waals surface area contributed by atoms with Crippen molar-refractivity contribution in [3.05, 3.63) is 0 Å². The molecule has 0 bridgehead atoms. The van der Waals surface area contributed by atoms with Crippen molar-refractivity contribution in [1.29, 1.82) is 0 Å². The third-order valence-electron chi connectivity index (χ3n) is 3.47. The quantitative estimate of drug-likeness (QED) is 0.733. The van der Waals surface area contributed by atoms with E-state index in [0.717, 1.165) is 25.7 Å². The third kappa shape index (κ3) is 4.00. The fourth-order valence-electron chi connectivity index (χ4n) is 2.25. The molecule has 17 heavy (non-hydrogen) atoms. The predicted molar refractivity (Wildman–Crippen MR) is 66.3 cm³/mol. The van der Waals surface area contributed by atoms with Crippen molar-refractivity contribution in [2.75, 3.05) is 20.6 Å². The van der Waals surface area contributed by atoms with Gasteiger partial charge in [0.15, 0.2) is 0 Å². The number of hydrogen-bond donors (Lipinski definition) is 2. The molecule has 0 radical (unpaired) electrons. The molecule has 5 nitrogen and oxygen atoms in total. The molecule has 0 aliphatic heterocycles. The number of hydrogen-bond acceptors (Lipinski definition) is 3. The number of carbonyl (C=O) groups is 2. The molecule has 1 saturated carbocycles. The van der Waals surface area contributed by atoms with E-state index in [1.165, 1.54) is 0 Å². The van der Waals surface area contributed by atoms with Crippen LogP contribution in [-0.4, -0.2) is 43.4 Å². The summed E-state index contributed by atoms with van der Waals surface area (Å²) >= 11 is 0. The van der Waals surface area contributed by atoms with Crippen LogP contribution >= 0.6 is 0 Å². The van der Waals surface area contributed by atoms with E-state index in [0.29, 0.717) is 13.0 Å². The van der Waals surface area contributed by atoms with Crippen molar-refractivity contribution < 1.29 is 9.59 Å². The van der Waals surface area contributed by atoms with Crippen LogP contribution in [0.2, 0.25) is 0 Å². The summed E-state index contributed by atoms with van der Waals surface area (Å²) in [5, 5.41) is 2.55. The maximum atomic E-state index is 12.1. The van der Waals surface area contributed by atoms with E-state index in [4.69, 9.17) is 5.73 Å². The van der Waals surface area contributed by atoms with E-state index in [1.54, 1.807) is 19.0 Å². The average Bonchev–Trinajstić information content (AvgIpc) is 2.35. The SMILES string of the molecule is CNC(=O)CCN(C)C(=O)C1CCCCC1N. The molecule has 1 rings (SSSR count). The number of amides is 2. The summed E-state index contributed by atoms with van der Waals surface area (Å²) < 4.78 is 0. The normalized spacial score (nSPS) is 24.2. The molecule has 2 atom stereocenters. The topological polar surface area (TPSA) is 75.4 Å². The Kier molecular flexibility index (Phi) is 5.41. The van der Waals surface area contributed by atoms with Gasteiger partial charge in [-0.15, -0.1) is 0 Å². The van der Waals surface area contributed by atoms with Gasteiger partial charge in [0.05, 0.1) is 5.92 Å². The molecular formula is C12H23N3O2. The van der Waals surface area contributed by atoms with Gasteiger partial charge >= 0.3 is 0 Å². The van der Waals surface area contributed by atoms with Crippen molar-refractivity contribution in [2.45, 2.75) is 38.1 Å². The van der Waals surface area contributed by atoms with Crippen molar-refractivity contribution in [3.63, 3.8) is 0 Å². The molecule has 1 aliphatic rings. The molecule has 3 N–H and O–H groups in total. The molecular weight excluding hydrogens is 218 g/mol. The summed E-state index contributed by atoms with van der Waals surface area (Å²) in [4.78, 5) is 24.9. The van der Waals surface area contributed by atoms with Crippen LogP contribution in [0.4, 0.5) is 0 Å². The standard InChI is InChI=1S/C12H23N3O2/c1-14-11(16)7-8-15(2)12(17)9-5-3-4-6-10(9)13/h9-10H,3-8,13H2,1-2H3,(H,14,16). The van der Waals surface area contributed by atoms with Gasteiger partial charge < -0.3 is 16.0 Å². The zero-order chi connectivity index (χ0) is 12.8. The van der Waals surface area contributed by atoms with E-state index in [1.807, 2.05) is 0 Å². The Morgan fingerprint density at radius 1 is 1.35 bits per heavy atom. The maximum Gasteiger partial charge on any atom is 0.226 e. The Hall–Kier alpha value is -1.10. The number of rotatable bonds is 4. The molecule has 2 unspecified atom stereocenters. The van der Waals surface area contributed by atoms with Gasteiger partial charge in [0.2, 0.25) is 11.8 Å². The molecule has 0 heterocycles. The smallest absolute Gasteiger partial charge is 0.226 e. The lowest BCUT2D eigenvalue weighted by Crippen LogP contribution is -2.45. The van der Waals surface area contributed by atoms with E-state index in [2.05, 4.69) is 5.32 Å². The number of nitrogens with two attached hydrogens (primary N) is 1. The summed E-state index contributed by atoms with van der Waals surface area (Å²) in [6, 6.07) is -0.0151. The van der Waals surface area contributed by atoms with Crippen LogP contribution in [0.3, 0.4) is 0 Å². The monoisotopic (exact) mass is 241 g/mol. The highest BCUT2D eigenvalue weighted by Gasteiger charge is 2.30. The second-order valence-corrected chi connectivity index (χ2v) is 4.74. The molecule has 0 spiro atoms.